The summed E-state index contributed by atoms with van der Waals surface area (Å²) in [6, 6.07) is 6.01. The molecule has 120 valence electrons. The van der Waals surface area contributed by atoms with Crippen molar-refractivity contribution in [2.45, 2.75) is 25.6 Å². The van der Waals surface area contributed by atoms with Gasteiger partial charge in [0.05, 0.1) is 26.0 Å². The molecule has 1 aromatic rings. The fourth-order valence-corrected chi connectivity index (χ4v) is 3.24. The van der Waals surface area contributed by atoms with Crippen LogP contribution in [0.5, 0.6) is 5.75 Å². The molecule has 22 heavy (non-hydrogen) atoms. The number of benzene rings is 1. The zero-order chi connectivity index (χ0) is 15.6. The summed E-state index contributed by atoms with van der Waals surface area (Å²) in [5.41, 5.74) is 2.07. The largest absolute Gasteiger partial charge is 0.495 e. The quantitative estimate of drug-likeness (QED) is 0.844. The molecule has 0 amide bonds. The zero-order valence-corrected chi connectivity index (χ0v) is 13.9. The number of ether oxygens (including phenoxy) is 3. The Morgan fingerprint density at radius 3 is 2.59 bits per heavy atom. The smallest absolute Gasteiger partial charge is 0.173 e. The fraction of sp³-hybridized carbons (Fsp3) is 0.562. The lowest BCUT2D eigenvalue weighted by molar-refractivity contribution is -0.180. The van der Waals surface area contributed by atoms with Crippen LogP contribution >= 0.6 is 12.2 Å². The van der Waals surface area contributed by atoms with Crippen LogP contribution in [0.4, 0.5) is 5.69 Å². The summed E-state index contributed by atoms with van der Waals surface area (Å²) in [5, 5.41) is 4.02. The van der Waals surface area contributed by atoms with Crippen LogP contribution in [0.2, 0.25) is 0 Å². The van der Waals surface area contributed by atoms with E-state index in [1.165, 1.54) is 0 Å². The van der Waals surface area contributed by atoms with E-state index in [9.17, 15) is 0 Å². The van der Waals surface area contributed by atoms with Crippen LogP contribution in [0.15, 0.2) is 18.2 Å². The van der Waals surface area contributed by atoms with Crippen LogP contribution in [-0.4, -0.2) is 49.2 Å². The molecule has 5 nitrogen and oxygen atoms in total. The highest BCUT2D eigenvalue weighted by molar-refractivity contribution is 7.80. The average Bonchev–Trinajstić information content (AvgIpc) is 2.96. The average molecular weight is 322 g/mol. The van der Waals surface area contributed by atoms with Gasteiger partial charge in [-0.1, -0.05) is 6.07 Å². The molecule has 0 radical (unpaired) electrons. The van der Waals surface area contributed by atoms with Crippen molar-refractivity contribution in [3.05, 3.63) is 23.8 Å². The predicted octanol–water partition coefficient (Wildman–Crippen LogP) is 2.54. The first-order valence-corrected chi connectivity index (χ1v) is 8.01. The Bertz CT molecular complexity index is 548. The van der Waals surface area contributed by atoms with Gasteiger partial charge in [0.1, 0.15) is 5.75 Å². The lowest BCUT2D eigenvalue weighted by atomic mass is 10.0. The van der Waals surface area contributed by atoms with Gasteiger partial charge >= 0.3 is 0 Å². The summed E-state index contributed by atoms with van der Waals surface area (Å²) >= 11 is 5.55. The highest BCUT2D eigenvalue weighted by atomic mass is 32.1. The molecule has 2 aliphatic rings. The van der Waals surface area contributed by atoms with Gasteiger partial charge in [-0.3, -0.25) is 0 Å². The topological polar surface area (TPSA) is 43.0 Å². The Balaban J connectivity index is 1.62. The predicted molar refractivity (Wildman–Crippen MR) is 89.4 cm³/mol. The molecule has 2 aliphatic heterocycles. The van der Waals surface area contributed by atoms with Crippen molar-refractivity contribution in [2.24, 2.45) is 0 Å². The molecule has 1 spiro atoms. The lowest BCUT2D eigenvalue weighted by Crippen LogP contribution is -2.48. The number of thiocarbonyl (C=S) groups is 1. The maximum atomic E-state index is 5.75. The normalized spacial score (nSPS) is 20.2. The van der Waals surface area contributed by atoms with Crippen LogP contribution in [0.1, 0.15) is 18.4 Å². The number of rotatable bonds is 2. The summed E-state index contributed by atoms with van der Waals surface area (Å²) in [4.78, 5) is 2.16. The van der Waals surface area contributed by atoms with E-state index in [0.717, 1.165) is 48.0 Å². The molecule has 2 fully saturated rings. The van der Waals surface area contributed by atoms with Gasteiger partial charge in [0.25, 0.3) is 0 Å². The number of hydrogen-bond donors (Lipinski definition) is 1. The molecular formula is C16H22N2O3S. The summed E-state index contributed by atoms with van der Waals surface area (Å²) in [7, 11) is 1.66. The number of piperidine rings is 1. The third-order valence-corrected chi connectivity index (χ3v) is 4.58. The first-order chi connectivity index (χ1) is 10.6. The monoisotopic (exact) mass is 322 g/mol. The second kappa shape index (κ2) is 6.40. The van der Waals surface area contributed by atoms with Crippen molar-refractivity contribution in [2.75, 3.05) is 38.7 Å². The number of hydrogen-bond acceptors (Lipinski definition) is 4. The molecule has 2 heterocycles. The molecule has 0 aliphatic carbocycles. The molecule has 1 aromatic carbocycles. The van der Waals surface area contributed by atoms with Gasteiger partial charge in [0.15, 0.2) is 10.9 Å². The number of anilines is 1. The Morgan fingerprint density at radius 2 is 1.95 bits per heavy atom. The fourth-order valence-electron chi connectivity index (χ4n) is 2.95. The van der Waals surface area contributed by atoms with Crippen LogP contribution < -0.4 is 10.1 Å². The third-order valence-electron chi connectivity index (χ3n) is 4.22. The van der Waals surface area contributed by atoms with E-state index < -0.39 is 0 Å². The second-order valence-electron chi connectivity index (χ2n) is 5.73. The SMILES string of the molecule is COc1ccc(C)cc1NC(=S)N1CCC2(CC1)OCCO2. The Kier molecular flexibility index (Phi) is 4.52. The lowest BCUT2D eigenvalue weighted by Gasteiger charge is -2.38. The van der Waals surface area contributed by atoms with E-state index in [1.54, 1.807) is 7.11 Å². The van der Waals surface area contributed by atoms with E-state index in [-0.39, 0.29) is 5.79 Å². The minimum Gasteiger partial charge on any atom is -0.495 e. The van der Waals surface area contributed by atoms with Crippen LogP contribution in [0.3, 0.4) is 0 Å². The first-order valence-electron chi connectivity index (χ1n) is 7.60. The minimum absolute atomic E-state index is 0.368. The summed E-state index contributed by atoms with van der Waals surface area (Å²) < 4.78 is 16.9. The molecule has 2 saturated heterocycles. The van der Waals surface area contributed by atoms with Gasteiger partial charge in [-0.25, -0.2) is 0 Å². The van der Waals surface area contributed by atoms with Gasteiger partial charge in [-0.15, -0.1) is 0 Å². The van der Waals surface area contributed by atoms with E-state index in [0.29, 0.717) is 13.2 Å². The van der Waals surface area contributed by atoms with Gasteiger partial charge in [0, 0.05) is 25.9 Å². The Labute approximate surface area is 136 Å². The van der Waals surface area contributed by atoms with Crippen molar-refractivity contribution in [3.8, 4) is 5.75 Å². The van der Waals surface area contributed by atoms with Crippen molar-refractivity contribution in [1.29, 1.82) is 0 Å². The minimum atomic E-state index is -0.368. The number of nitrogens with zero attached hydrogens (tertiary/aromatic N) is 1. The molecule has 3 rings (SSSR count). The molecule has 0 saturated carbocycles. The highest BCUT2D eigenvalue weighted by Crippen LogP contribution is 2.32. The number of methoxy groups -OCH3 is 1. The Hall–Kier alpha value is -1.37. The standard InChI is InChI=1S/C16H22N2O3S/c1-12-3-4-14(19-2)13(11-12)17-15(22)18-7-5-16(6-8-18)20-9-10-21-16/h3-4,11H,5-10H2,1-2H3,(H,17,22). The van der Waals surface area contributed by atoms with Gasteiger partial charge < -0.3 is 24.4 Å². The van der Waals surface area contributed by atoms with E-state index in [1.807, 2.05) is 25.1 Å². The molecule has 0 aromatic heterocycles. The van der Waals surface area contributed by atoms with E-state index in [2.05, 4.69) is 10.2 Å². The number of aryl methyl sites for hydroxylation is 1. The van der Waals surface area contributed by atoms with Crippen molar-refractivity contribution in [3.63, 3.8) is 0 Å². The van der Waals surface area contributed by atoms with Crippen LogP contribution in [0, 0.1) is 6.92 Å². The third kappa shape index (κ3) is 3.19. The molecule has 1 N–H and O–H groups in total. The Morgan fingerprint density at radius 1 is 1.27 bits per heavy atom. The van der Waals surface area contributed by atoms with E-state index >= 15 is 0 Å². The summed E-state index contributed by atoms with van der Waals surface area (Å²) in [6.45, 7) is 5.11. The maximum Gasteiger partial charge on any atom is 0.173 e. The van der Waals surface area contributed by atoms with Crippen molar-refractivity contribution in [1.82, 2.24) is 4.90 Å². The molecule has 6 heteroatoms. The van der Waals surface area contributed by atoms with Crippen LogP contribution in [0.25, 0.3) is 0 Å². The molecule has 0 unspecified atom stereocenters. The molecule has 0 bridgehead atoms. The van der Waals surface area contributed by atoms with E-state index in [4.69, 9.17) is 26.4 Å². The highest BCUT2D eigenvalue weighted by Gasteiger charge is 2.40. The number of likely N-dealkylation sites (tertiary alicyclic amines) is 1. The number of nitrogens with one attached hydrogen (secondary N) is 1. The van der Waals surface area contributed by atoms with Crippen molar-refractivity contribution < 1.29 is 14.2 Å². The van der Waals surface area contributed by atoms with Gasteiger partial charge in [-0.05, 0) is 36.8 Å². The maximum absolute atomic E-state index is 5.75. The van der Waals surface area contributed by atoms with Gasteiger partial charge in [-0.2, -0.15) is 0 Å². The second-order valence-corrected chi connectivity index (χ2v) is 6.12. The summed E-state index contributed by atoms with van der Waals surface area (Å²) in [5.74, 6) is 0.427. The van der Waals surface area contributed by atoms with Gasteiger partial charge in [0.2, 0.25) is 0 Å². The van der Waals surface area contributed by atoms with Crippen molar-refractivity contribution >= 4 is 23.0 Å². The summed E-state index contributed by atoms with van der Waals surface area (Å²) in [6.07, 6.45) is 1.69. The molecule has 0 atom stereocenters. The zero-order valence-electron chi connectivity index (χ0n) is 13.1. The molecular weight excluding hydrogens is 300 g/mol. The van der Waals surface area contributed by atoms with Crippen LogP contribution in [-0.2, 0) is 9.47 Å². The first kappa shape index (κ1) is 15.5.